The number of hydrogen-bond acceptors (Lipinski definition) is 3. The summed E-state index contributed by atoms with van der Waals surface area (Å²) < 4.78 is 34.7. The molecule has 1 unspecified atom stereocenters. The summed E-state index contributed by atoms with van der Waals surface area (Å²) in [6.07, 6.45) is 6.96. The topological polar surface area (TPSA) is 57.2 Å². The maximum atomic E-state index is 11.6. The second kappa shape index (κ2) is 8.27. The van der Waals surface area contributed by atoms with E-state index in [0.29, 0.717) is 0 Å². The minimum atomic E-state index is -4.41. The molecule has 0 aliphatic heterocycles. The van der Waals surface area contributed by atoms with E-state index in [4.69, 9.17) is 0 Å². The molecular formula is C17H29O3SSi-. The van der Waals surface area contributed by atoms with Crippen molar-refractivity contribution in [2.24, 2.45) is 0 Å². The van der Waals surface area contributed by atoms with Gasteiger partial charge in [0.25, 0.3) is 0 Å². The summed E-state index contributed by atoms with van der Waals surface area (Å²) in [5.74, 6) is 0. The van der Waals surface area contributed by atoms with Crippen LogP contribution in [0.5, 0.6) is 0 Å². The Labute approximate surface area is 136 Å². The van der Waals surface area contributed by atoms with Crippen LogP contribution < -0.4 is 0 Å². The third-order valence-corrected chi connectivity index (χ3v) is 7.81. The molecular weight excluding hydrogens is 312 g/mol. The van der Waals surface area contributed by atoms with Gasteiger partial charge in [0.1, 0.15) is 10.1 Å². The fraction of sp³-hybridized carbons (Fsp3) is 0.647. The smallest absolute Gasteiger partial charge is 0.124 e. The van der Waals surface area contributed by atoms with E-state index in [2.05, 4.69) is 26.6 Å². The minimum Gasteiger partial charge on any atom is -0.744 e. The largest absolute Gasteiger partial charge is 0.744 e. The number of rotatable bonds is 9. The van der Waals surface area contributed by atoms with Crippen LogP contribution in [0.2, 0.25) is 19.6 Å². The fourth-order valence-corrected chi connectivity index (χ4v) is 6.11. The molecule has 0 aliphatic carbocycles. The Morgan fingerprint density at radius 2 is 1.64 bits per heavy atom. The summed E-state index contributed by atoms with van der Waals surface area (Å²) in [5.41, 5.74) is 0.959. The predicted molar refractivity (Wildman–Crippen MR) is 93.9 cm³/mol. The van der Waals surface area contributed by atoms with E-state index in [9.17, 15) is 13.0 Å². The Kier molecular flexibility index (Phi) is 7.29. The summed E-state index contributed by atoms with van der Waals surface area (Å²) >= 11 is 0. The van der Waals surface area contributed by atoms with Crippen molar-refractivity contribution in [3.63, 3.8) is 0 Å². The zero-order chi connectivity index (χ0) is 16.8. The summed E-state index contributed by atoms with van der Waals surface area (Å²) in [6.45, 7) is 8.94. The van der Waals surface area contributed by atoms with E-state index < -0.39 is 18.2 Å². The first-order valence-electron chi connectivity index (χ1n) is 8.22. The summed E-state index contributed by atoms with van der Waals surface area (Å²) in [4.78, 5) is -0.0176. The first kappa shape index (κ1) is 19.4. The molecule has 0 radical (unpaired) electrons. The van der Waals surface area contributed by atoms with E-state index in [-0.39, 0.29) is 10.4 Å². The van der Waals surface area contributed by atoms with Gasteiger partial charge < -0.3 is 4.55 Å². The van der Waals surface area contributed by atoms with Crippen LogP contribution in [0, 0.1) is 0 Å². The Hall–Kier alpha value is -0.653. The highest BCUT2D eigenvalue weighted by Crippen LogP contribution is 2.35. The van der Waals surface area contributed by atoms with Crippen LogP contribution in [0.1, 0.15) is 56.6 Å². The average Bonchev–Trinajstić information content (AvgIpc) is 2.40. The van der Waals surface area contributed by atoms with Crippen molar-refractivity contribution in [2.45, 2.75) is 75.5 Å². The summed E-state index contributed by atoms with van der Waals surface area (Å²) in [6, 6.07) is 6.77. The van der Waals surface area contributed by atoms with Gasteiger partial charge in [0.15, 0.2) is 0 Å². The minimum absolute atomic E-state index is 0.0176. The monoisotopic (exact) mass is 341 g/mol. The molecule has 126 valence electrons. The Morgan fingerprint density at radius 1 is 1.05 bits per heavy atom. The predicted octanol–water partition coefficient (Wildman–Crippen LogP) is 4.91. The molecule has 0 N–H and O–H groups in total. The highest BCUT2D eigenvalue weighted by molar-refractivity contribution is 7.85. The van der Waals surface area contributed by atoms with Crippen molar-refractivity contribution < 1.29 is 13.0 Å². The Bertz CT molecular complexity index is 562. The zero-order valence-electron chi connectivity index (χ0n) is 14.3. The lowest BCUT2D eigenvalue weighted by Gasteiger charge is -2.31. The molecule has 0 heterocycles. The fourth-order valence-electron chi connectivity index (χ4n) is 3.00. The molecule has 0 saturated heterocycles. The average molecular weight is 342 g/mol. The molecule has 0 bridgehead atoms. The van der Waals surface area contributed by atoms with Crippen LogP contribution in [0.4, 0.5) is 0 Å². The highest BCUT2D eigenvalue weighted by atomic mass is 32.2. The van der Waals surface area contributed by atoms with Crippen molar-refractivity contribution in [1.29, 1.82) is 0 Å². The standard InChI is InChI=1S/C17H30O3SSi/c1-5-6-7-8-9-14-17(22(2,3)4)15-12-10-11-13-16(15)21(18,19)20/h10-13,17H,5-9,14H2,1-4H3,(H,18,19,20)/p-1. The van der Waals surface area contributed by atoms with E-state index in [1.807, 2.05) is 12.1 Å². The van der Waals surface area contributed by atoms with Crippen LogP contribution in [-0.2, 0) is 10.1 Å². The molecule has 0 fully saturated rings. The normalized spacial score (nSPS) is 14.0. The molecule has 1 atom stereocenters. The molecule has 0 aliphatic rings. The second-order valence-electron chi connectivity index (χ2n) is 7.11. The van der Waals surface area contributed by atoms with E-state index in [0.717, 1.165) is 18.4 Å². The molecule has 0 spiro atoms. The second-order valence-corrected chi connectivity index (χ2v) is 13.9. The van der Waals surface area contributed by atoms with Gasteiger partial charge in [0.2, 0.25) is 0 Å². The Balaban J connectivity index is 2.99. The molecule has 1 aromatic carbocycles. The van der Waals surface area contributed by atoms with Crippen molar-refractivity contribution in [3.05, 3.63) is 29.8 Å². The lowest BCUT2D eigenvalue weighted by molar-refractivity contribution is 0.461. The molecule has 0 amide bonds. The maximum Gasteiger partial charge on any atom is 0.124 e. The quantitative estimate of drug-likeness (QED) is 0.364. The summed E-state index contributed by atoms with van der Waals surface area (Å²) in [7, 11) is -6.02. The lowest BCUT2D eigenvalue weighted by Crippen LogP contribution is -2.32. The molecule has 0 aromatic heterocycles. The Morgan fingerprint density at radius 3 is 2.18 bits per heavy atom. The van der Waals surface area contributed by atoms with Gasteiger partial charge in [-0.25, -0.2) is 8.42 Å². The van der Waals surface area contributed by atoms with Crippen molar-refractivity contribution in [1.82, 2.24) is 0 Å². The molecule has 3 nitrogen and oxygen atoms in total. The highest BCUT2D eigenvalue weighted by Gasteiger charge is 2.30. The van der Waals surface area contributed by atoms with E-state index in [1.54, 1.807) is 6.07 Å². The van der Waals surface area contributed by atoms with Gasteiger partial charge >= 0.3 is 0 Å². The van der Waals surface area contributed by atoms with Crippen LogP contribution in [0.25, 0.3) is 0 Å². The molecule has 5 heteroatoms. The third-order valence-electron chi connectivity index (χ3n) is 4.21. The van der Waals surface area contributed by atoms with Crippen molar-refractivity contribution in [2.75, 3.05) is 0 Å². The molecule has 1 rings (SSSR count). The summed E-state index contributed by atoms with van der Waals surface area (Å²) in [5, 5.41) is 0. The first-order chi connectivity index (χ1) is 10.2. The zero-order valence-corrected chi connectivity index (χ0v) is 16.1. The van der Waals surface area contributed by atoms with Gasteiger partial charge in [0, 0.05) is 0 Å². The first-order valence-corrected chi connectivity index (χ1v) is 13.2. The van der Waals surface area contributed by atoms with Gasteiger partial charge in [-0.3, -0.25) is 0 Å². The van der Waals surface area contributed by atoms with Gasteiger partial charge in [-0.1, -0.05) is 76.9 Å². The van der Waals surface area contributed by atoms with Gasteiger partial charge in [-0.05, 0) is 23.6 Å². The van der Waals surface area contributed by atoms with Crippen molar-refractivity contribution >= 4 is 18.2 Å². The van der Waals surface area contributed by atoms with Gasteiger partial charge in [-0.2, -0.15) is 0 Å². The van der Waals surface area contributed by atoms with Gasteiger partial charge in [0.05, 0.1) is 13.0 Å². The van der Waals surface area contributed by atoms with Gasteiger partial charge in [-0.15, -0.1) is 0 Å². The molecule has 0 saturated carbocycles. The lowest BCUT2D eigenvalue weighted by atomic mass is 10.0. The molecule has 22 heavy (non-hydrogen) atoms. The van der Waals surface area contributed by atoms with Crippen LogP contribution >= 0.6 is 0 Å². The third kappa shape index (κ3) is 5.86. The molecule has 1 aromatic rings. The van der Waals surface area contributed by atoms with Crippen molar-refractivity contribution in [3.8, 4) is 0 Å². The van der Waals surface area contributed by atoms with Crippen LogP contribution in [0.15, 0.2) is 29.2 Å². The number of unbranched alkanes of at least 4 members (excludes halogenated alkanes) is 4. The number of hydrogen-bond donors (Lipinski definition) is 0. The SMILES string of the molecule is CCCCCCCC(c1ccccc1S(=O)(=O)[O-])[Si](C)(C)C. The number of benzene rings is 1. The van der Waals surface area contributed by atoms with E-state index in [1.165, 1.54) is 31.7 Å². The van der Waals surface area contributed by atoms with Crippen LogP contribution in [-0.4, -0.2) is 21.0 Å². The van der Waals surface area contributed by atoms with Crippen LogP contribution in [0.3, 0.4) is 0 Å². The maximum absolute atomic E-state index is 11.6. The van der Waals surface area contributed by atoms with E-state index >= 15 is 0 Å².